The number of thioether (sulfide) groups is 1. The van der Waals surface area contributed by atoms with Crippen LogP contribution in [0.4, 0.5) is 11.4 Å². The van der Waals surface area contributed by atoms with E-state index in [2.05, 4.69) is 24.2 Å². The van der Waals surface area contributed by atoms with Gasteiger partial charge >= 0.3 is 0 Å². The van der Waals surface area contributed by atoms with Crippen LogP contribution in [0.1, 0.15) is 25.8 Å². The summed E-state index contributed by atoms with van der Waals surface area (Å²) in [5.41, 5.74) is 2.28. The number of fused-ring (bicyclic) bond motifs is 3. The molecule has 2 heterocycles. The highest BCUT2D eigenvalue weighted by atomic mass is 32.2. The maximum atomic E-state index is 13.1. The summed E-state index contributed by atoms with van der Waals surface area (Å²) in [7, 11) is 1.59. The molecule has 0 unspecified atom stereocenters. The lowest BCUT2D eigenvalue weighted by Gasteiger charge is -2.25. The second-order valence-electron chi connectivity index (χ2n) is 7.75. The van der Waals surface area contributed by atoms with Gasteiger partial charge in [0.05, 0.1) is 18.6 Å². The lowest BCUT2D eigenvalue weighted by atomic mass is 10.0. The minimum Gasteiger partial charge on any atom is -0.497 e. The van der Waals surface area contributed by atoms with Gasteiger partial charge in [0.2, 0.25) is 5.91 Å². The van der Waals surface area contributed by atoms with E-state index >= 15 is 0 Å². The van der Waals surface area contributed by atoms with E-state index in [0.29, 0.717) is 29.0 Å². The number of anilines is 1. The number of ether oxygens (including phenoxy) is 1. The first-order valence-corrected chi connectivity index (χ1v) is 11.1. The number of amides is 2. The van der Waals surface area contributed by atoms with E-state index in [-0.39, 0.29) is 17.6 Å². The SMILES string of the molecule is COc1ccc(NC(=O)CSC2=Nc3ccccc3C3=N[C@H](CC(C)C)C(=O)N23)cc1. The molecule has 0 bridgehead atoms. The van der Waals surface area contributed by atoms with Crippen molar-refractivity contribution in [3.63, 3.8) is 0 Å². The van der Waals surface area contributed by atoms with Gasteiger partial charge in [-0.2, -0.15) is 0 Å². The molecule has 0 radical (unpaired) electrons. The number of benzene rings is 2. The van der Waals surface area contributed by atoms with E-state index in [1.807, 2.05) is 24.3 Å². The van der Waals surface area contributed by atoms with E-state index in [1.54, 1.807) is 36.3 Å². The molecule has 7 nitrogen and oxygen atoms in total. The van der Waals surface area contributed by atoms with Crippen LogP contribution in [0.15, 0.2) is 58.5 Å². The molecule has 0 spiro atoms. The second-order valence-corrected chi connectivity index (χ2v) is 8.69. The summed E-state index contributed by atoms with van der Waals surface area (Å²) >= 11 is 1.23. The Morgan fingerprint density at radius 1 is 1.19 bits per heavy atom. The predicted molar refractivity (Wildman–Crippen MR) is 124 cm³/mol. The average molecular weight is 437 g/mol. The van der Waals surface area contributed by atoms with Crippen LogP contribution in [0.3, 0.4) is 0 Å². The number of carbonyl (C=O) groups is 2. The van der Waals surface area contributed by atoms with Gasteiger partial charge in [-0.05, 0) is 48.7 Å². The van der Waals surface area contributed by atoms with Crippen LogP contribution in [-0.2, 0) is 9.59 Å². The van der Waals surface area contributed by atoms with Crippen LogP contribution in [0.2, 0.25) is 0 Å². The summed E-state index contributed by atoms with van der Waals surface area (Å²) in [6.45, 7) is 4.15. The van der Waals surface area contributed by atoms with Crippen molar-refractivity contribution in [3.05, 3.63) is 54.1 Å². The highest BCUT2D eigenvalue weighted by Gasteiger charge is 2.41. The Morgan fingerprint density at radius 3 is 2.65 bits per heavy atom. The van der Waals surface area contributed by atoms with Crippen molar-refractivity contribution in [2.45, 2.75) is 26.3 Å². The van der Waals surface area contributed by atoms with Crippen molar-refractivity contribution in [3.8, 4) is 5.75 Å². The average Bonchev–Trinajstić information content (AvgIpc) is 3.08. The third kappa shape index (κ3) is 4.49. The highest BCUT2D eigenvalue weighted by molar-refractivity contribution is 8.14. The molecular weight excluding hydrogens is 412 g/mol. The fourth-order valence-electron chi connectivity index (χ4n) is 3.50. The Bertz CT molecular complexity index is 1060. The van der Waals surface area contributed by atoms with Crippen molar-refractivity contribution in [1.82, 2.24) is 4.90 Å². The van der Waals surface area contributed by atoms with Crippen LogP contribution < -0.4 is 10.1 Å². The first kappa shape index (κ1) is 21.1. The number of carbonyl (C=O) groups excluding carboxylic acids is 2. The van der Waals surface area contributed by atoms with Gasteiger partial charge in [-0.15, -0.1) is 0 Å². The Labute approximate surface area is 185 Å². The van der Waals surface area contributed by atoms with Gasteiger partial charge in [-0.1, -0.05) is 37.7 Å². The van der Waals surface area contributed by atoms with Gasteiger partial charge in [0.25, 0.3) is 5.91 Å². The van der Waals surface area contributed by atoms with Crippen molar-refractivity contribution < 1.29 is 14.3 Å². The zero-order valence-electron chi connectivity index (χ0n) is 17.7. The molecule has 0 saturated heterocycles. The third-order valence-electron chi connectivity index (χ3n) is 4.95. The molecule has 0 aromatic heterocycles. The van der Waals surface area contributed by atoms with Crippen LogP contribution in [0.25, 0.3) is 0 Å². The number of para-hydroxylation sites is 1. The Balaban J connectivity index is 1.51. The third-order valence-corrected chi connectivity index (χ3v) is 5.89. The molecule has 1 atom stereocenters. The van der Waals surface area contributed by atoms with Gasteiger partial charge < -0.3 is 10.1 Å². The summed E-state index contributed by atoms with van der Waals surface area (Å²) in [6.07, 6.45) is 0.677. The molecule has 2 aliphatic rings. The van der Waals surface area contributed by atoms with Gasteiger partial charge in [-0.3, -0.25) is 14.6 Å². The topological polar surface area (TPSA) is 83.4 Å². The zero-order valence-corrected chi connectivity index (χ0v) is 18.5. The molecule has 0 aliphatic carbocycles. The quantitative estimate of drug-likeness (QED) is 0.740. The zero-order chi connectivity index (χ0) is 22.0. The molecule has 4 rings (SSSR count). The summed E-state index contributed by atoms with van der Waals surface area (Å²) in [5.74, 6) is 1.55. The molecule has 2 aliphatic heterocycles. The molecule has 31 heavy (non-hydrogen) atoms. The Kier molecular flexibility index (Phi) is 6.08. The minimum absolute atomic E-state index is 0.0833. The number of nitrogens with zero attached hydrogens (tertiary/aromatic N) is 3. The maximum Gasteiger partial charge on any atom is 0.259 e. The lowest BCUT2D eigenvalue weighted by molar-refractivity contribution is -0.125. The van der Waals surface area contributed by atoms with Crippen molar-refractivity contribution in [2.24, 2.45) is 15.9 Å². The number of hydrogen-bond acceptors (Lipinski definition) is 6. The first-order chi connectivity index (χ1) is 15.0. The Hall–Kier alpha value is -3.13. The number of methoxy groups -OCH3 is 1. The summed E-state index contributed by atoms with van der Waals surface area (Å²) in [5, 5.41) is 3.34. The fourth-order valence-corrected chi connectivity index (χ4v) is 4.30. The number of rotatable bonds is 6. The fraction of sp³-hybridized carbons (Fsp3) is 0.304. The molecule has 0 fully saturated rings. The van der Waals surface area contributed by atoms with Crippen LogP contribution in [0, 0.1) is 5.92 Å². The van der Waals surface area contributed by atoms with Crippen LogP contribution in [-0.4, -0.2) is 46.6 Å². The van der Waals surface area contributed by atoms with Crippen LogP contribution in [0.5, 0.6) is 5.75 Å². The first-order valence-electron chi connectivity index (χ1n) is 10.1. The van der Waals surface area contributed by atoms with E-state index in [4.69, 9.17) is 9.73 Å². The van der Waals surface area contributed by atoms with E-state index in [1.165, 1.54) is 11.8 Å². The van der Waals surface area contributed by atoms with Gasteiger partial charge in [0, 0.05) is 11.3 Å². The monoisotopic (exact) mass is 436 g/mol. The largest absolute Gasteiger partial charge is 0.497 e. The standard InChI is InChI=1S/C23H24N4O3S/c1-14(2)12-19-22(29)27-21(25-19)17-6-4-5-7-18(17)26-23(27)31-13-20(28)24-15-8-10-16(30-3)11-9-15/h4-11,14,19H,12-13H2,1-3H3,(H,24,28)/t19-/m1/s1. The summed E-state index contributed by atoms with van der Waals surface area (Å²) in [4.78, 5) is 36.5. The van der Waals surface area contributed by atoms with Crippen molar-refractivity contribution in [1.29, 1.82) is 0 Å². The number of aliphatic imine (C=N–C) groups is 2. The Morgan fingerprint density at radius 2 is 1.94 bits per heavy atom. The maximum absolute atomic E-state index is 13.1. The normalized spacial score (nSPS) is 17.1. The molecule has 2 aromatic rings. The molecule has 0 saturated carbocycles. The molecular formula is C23H24N4O3S. The highest BCUT2D eigenvalue weighted by Crippen LogP contribution is 2.34. The molecule has 2 aromatic carbocycles. The number of nitrogens with one attached hydrogen (secondary N) is 1. The summed E-state index contributed by atoms with van der Waals surface area (Å²) < 4.78 is 5.13. The van der Waals surface area contributed by atoms with Crippen LogP contribution >= 0.6 is 11.8 Å². The number of amidine groups is 2. The van der Waals surface area contributed by atoms with Gasteiger partial charge in [0.15, 0.2) is 5.17 Å². The molecule has 2 amide bonds. The molecule has 1 N–H and O–H groups in total. The predicted octanol–water partition coefficient (Wildman–Crippen LogP) is 4.07. The van der Waals surface area contributed by atoms with Gasteiger partial charge in [0.1, 0.15) is 17.6 Å². The smallest absolute Gasteiger partial charge is 0.259 e. The number of hydrogen-bond donors (Lipinski definition) is 1. The van der Waals surface area contributed by atoms with E-state index in [0.717, 1.165) is 17.0 Å². The summed E-state index contributed by atoms with van der Waals surface area (Å²) in [6, 6.07) is 14.3. The van der Waals surface area contributed by atoms with E-state index < -0.39 is 6.04 Å². The minimum atomic E-state index is -0.417. The lowest BCUT2D eigenvalue weighted by Crippen LogP contribution is -2.41. The molecule has 160 valence electrons. The van der Waals surface area contributed by atoms with Gasteiger partial charge in [-0.25, -0.2) is 9.89 Å². The molecule has 8 heteroatoms. The van der Waals surface area contributed by atoms with E-state index in [9.17, 15) is 9.59 Å². The van der Waals surface area contributed by atoms with Crippen molar-refractivity contribution in [2.75, 3.05) is 18.2 Å². The van der Waals surface area contributed by atoms with Crippen molar-refractivity contribution >= 4 is 46.0 Å². The second kappa shape index (κ2) is 8.93.